The summed E-state index contributed by atoms with van der Waals surface area (Å²) >= 11 is 6.22. The minimum atomic E-state index is -3.75. The molecular weight excluding hydrogens is 448 g/mol. The molecule has 1 amide bonds. The SMILES string of the molecule is Cc1ccccc1NS(=O)(=O)c1ccc(C(=O)N2CCN(c3ncccc3Cl)CC2)cc1. The van der Waals surface area contributed by atoms with E-state index >= 15 is 0 Å². The summed E-state index contributed by atoms with van der Waals surface area (Å²) in [5, 5.41) is 0.586. The lowest BCUT2D eigenvalue weighted by molar-refractivity contribution is 0.0746. The van der Waals surface area contributed by atoms with Gasteiger partial charge in [-0.1, -0.05) is 29.8 Å². The second kappa shape index (κ2) is 9.18. The number of pyridine rings is 1. The van der Waals surface area contributed by atoms with Crippen molar-refractivity contribution in [2.75, 3.05) is 35.8 Å². The number of piperazine rings is 1. The van der Waals surface area contributed by atoms with Gasteiger partial charge in [-0.25, -0.2) is 13.4 Å². The molecule has 1 aliphatic heterocycles. The first-order valence-electron chi connectivity index (χ1n) is 10.2. The molecule has 0 aliphatic carbocycles. The van der Waals surface area contributed by atoms with Crippen LogP contribution in [0.15, 0.2) is 71.8 Å². The molecule has 7 nitrogen and oxygen atoms in total. The van der Waals surface area contributed by atoms with Crippen LogP contribution in [0.5, 0.6) is 0 Å². The molecule has 1 aliphatic rings. The summed E-state index contributed by atoms with van der Waals surface area (Å²) in [6.07, 6.45) is 1.70. The summed E-state index contributed by atoms with van der Waals surface area (Å²) in [6.45, 7) is 4.13. The fourth-order valence-electron chi connectivity index (χ4n) is 3.58. The van der Waals surface area contributed by atoms with E-state index < -0.39 is 10.0 Å². The Bertz CT molecular complexity index is 1220. The standard InChI is InChI=1S/C23H23ClN4O3S/c1-17-5-2-3-7-21(17)26-32(30,31)19-10-8-18(9-11-19)23(29)28-15-13-27(14-16-28)22-20(24)6-4-12-25-22/h2-12,26H,13-16H2,1H3. The number of nitrogens with zero attached hydrogens (tertiary/aromatic N) is 3. The van der Waals surface area contributed by atoms with Gasteiger partial charge < -0.3 is 9.80 Å². The molecule has 32 heavy (non-hydrogen) atoms. The molecule has 0 saturated carbocycles. The summed E-state index contributed by atoms with van der Waals surface area (Å²) in [4.78, 5) is 21.1. The van der Waals surface area contributed by atoms with Crippen LogP contribution in [0.3, 0.4) is 0 Å². The van der Waals surface area contributed by atoms with E-state index in [0.717, 1.165) is 11.4 Å². The Morgan fingerprint density at radius 3 is 2.31 bits per heavy atom. The van der Waals surface area contributed by atoms with Gasteiger partial charge >= 0.3 is 0 Å². The molecule has 0 radical (unpaired) electrons. The molecule has 9 heteroatoms. The average Bonchev–Trinajstić information content (AvgIpc) is 2.81. The molecular formula is C23H23ClN4O3S. The van der Waals surface area contributed by atoms with Gasteiger partial charge in [0.05, 0.1) is 15.6 Å². The Hall–Kier alpha value is -3.10. The van der Waals surface area contributed by atoms with Crippen molar-refractivity contribution in [3.8, 4) is 0 Å². The molecule has 1 saturated heterocycles. The van der Waals surface area contributed by atoms with Crippen LogP contribution in [0.25, 0.3) is 0 Å². The van der Waals surface area contributed by atoms with Crippen molar-refractivity contribution in [2.24, 2.45) is 0 Å². The largest absolute Gasteiger partial charge is 0.352 e. The van der Waals surface area contributed by atoms with Crippen LogP contribution in [-0.2, 0) is 10.0 Å². The van der Waals surface area contributed by atoms with Crippen molar-refractivity contribution in [2.45, 2.75) is 11.8 Å². The van der Waals surface area contributed by atoms with Crippen LogP contribution in [0.2, 0.25) is 5.02 Å². The van der Waals surface area contributed by atoms with Gasteiger partial charge in [-0.15, -0.1) is 0 Å². The first kappa shape index (κ1) is 22.1. The number of carbonyl (C=O) groups is 1. The number of para-hydroxylation sites is 1. The molecule has 2 heterocycles. The number of aromatic nitrogens is 1. The third kappa shape index (κ3) is 4.71. The minimum absolute atomic E-state index is 0.104. The minimum Gasteiger partial charge on any atom is -0.352 e. The van der Waals surface area contributed by atoms with E-state index in [-0.39, 0.29) is 10.8 Å². The lowest BCUT2D eigenvalue weighted by atomic mass is 10.2. The molecule has 1 fully saturated rings. The Morgan fingerprint density at radius 1 is 0.969 bits per heavy atom. The molecule has 1 aromatic heterocycles. The normalized spacial score (nSPS) is 14.3. The molecule has 2 aromatic carbocycles. The number of aryl methyl sites for hydroxylation is 1. The molecule has 0 spiro atoms. The molecule has 4 rings (SSSR count). The van der Waals surface area contributed by atoms with E-state index in [1.54, 1.807) is 47.5 Å². The first-order valence-corrected chi connectivity index (χ1v) is 12.0. The Kier molecular flexibility index (Phi) is 6.34. The number of carbonyl (C=O) groups excluding carboxylic acids is 1. The number of hydrogen-bond acceptors (Lipinski definition) is 5. The van der Waals surface area contributed by atoms with Crippen molar-refractivity contribution >= 4 is 39.0 Å². The lowest BCUT2D eigenvalue weighted by Crippen LogP contribution is -2.49. The third-order valence-electron chi connectivity index (χ3n) is 5.41. The zero-order valence-corrected chi connectivity index (χ0v) is 19.1. The molecule has 0 bridgehead atoms. The fraction of sp³-hybridized carbons (Fsp3) is 0.217. The Labute approximate surface area is 192 Å². The monoisotopic (exact) mass is 470 g/mol. The number of sulfonamides is 1. The molecule has 0 atom stereocenters. The highest BCUT2D eigenvalue weighted by Gasteiger charge is 2.24. The van der Waals surface area contributed by atoms with Crippen molar-refractivity contribution < 1.29 is 13.2 Å². The molecule has 0 unspecified atom stereocenters. The summed E-state index contributed by atoms with van der Waals surface area (Å²) in [5.74, 6) is 0.588. The second-order valence-corrected chi connectivity index (χ2v) is 9.62. The Balaban J connectivity index is 1.41. The number of rotatable bonds is 5. The maximum absolute atomic E-state index is 12.9. The number of halogens is 1. The highest BCUT2D eigenvalue weighted by molar-refractivity contribution is 7.92. The fourth-order valence-corrected chi connectivity index (χ4v) is 4.95. The van der Waals surface area contributed by atoms with E-state index in [0.29, 0.717) is 42.5 Å². The van der Waals surface area contributed by atoms with Crippen LogP contribution in [-0.4, -0.2) is 50.4 Å². The highest BCUT2D eigenvalue weighted by Crippen LogP contribution is 2.24. The Morgan fingerprint density at radius 2 is 1.66 bits per heavy atom. The topological polar surface area (TPSA) is 82.6 Å². The van der Waals surface area contributed by atoms with E-state index in [9.17, 15) is 13.2 Å². The van der Waals surface area contributed by atoms with Gasteiger partial charge in [0.15, 0.2) is 0 Å². The van der Waals surface area contributed by atoms with E-state index in [1.807, 2.05) is 19.1 Å². The number of benzene rings is 2. The number of amides is 1. The van der Waals surface area contributed by atoms with E-state index in [2.05, 4.69) is 14.6 Å². The van der Waals surface area contributed by atoms with Gasteiger partial charge in [0.1, 0.15) is 5.82 Å². The second-order valence-electron chi connectivity index (χ2n) is 7.53. The summed E-state index contributed by atoms with van der Waals surface area (Å²) in [7, 11) is -3.75. The van der Waals surface area contributed by atoms with Gasteiger partial charge in [-0.3, -0.25) is 9.52 Å². The molecule has 3 aromatic rings. The van der Waals surface area contributed by atoms with E-state index in [4.69, 9.17) is 11.6 Å². The predicted molar refractivity (Wildman–Crippen MR) is 126 cm³/mol. The van der Waals surface area contributed by atoms with Crippen LogP contribution >= 0.6 is 11.6 Å². The van der Waals surface area contributed by atoms with Gasteiger partial charge in [-0.05, 0) is 55.0 Å². The molecule has 1 N–H and O–H groups in total. The van der Waals surface area contributed by atoms with Crippen LogP contribution < -0.4 is 9.62 Å². The number of nitrogens with one attached hydrogen (secondary N) is 1. The zero-order valence-electron chi connectivity index (χ0n) is 17.5. The van der Waals surface area contributed by atoms with Crippen molar-refractivity contribution in [3.63, 3.8) is 0 Å². The first-order chi connectivity index (χ1) is 15.3. The summed E-state index contributed by atoms with van der Waals surface area (Å²) in [5.41, 5.74) is 1.80. The quantitative estimate of drug-likeness (QED) is 0.613. The van der Waals surface area contributed by atoms with Gasteiger partial charge in [0, 0.05) is 37.9 Å². The number of anilines is 2. The lowest BCUT2D eigenvalue weighted by Gasteiger charge is -2.35. The smallest absolute Gasteiger partial charge is 0.261 e. The maximum Gasteiger partial charge on any atom is 0.261 e. The summed E-state index contributed by atoms with van der Waals surface area (Å²) < 4.78 is 28.0. The van der Waals surface area contributed by atoms with Gasteiger partial charge in [0.25, 0.3) is 15.9 Å². The van der Waals surface area contributed by atoms with Crippen LogP contribution in [0.1, 0.15) is 15.9 Å². The van der Waals surface area contributed by atoms with Gasteiger partial charge in [-0.2, -0.15) is 0 Å². The van der Waals surface area contributed by atoms with Crippen LogP contribution in [0, 0.1) is 6.92 Å². The average molecular weight is 471 g/mol. The molecule has 166 valence electrons. The third-order valence-corrected chi connectivity index (χ3v) is 7.08. The summed E-state index contributed by atoms with van der Waals surface area (Å²) in [6, 6.07) is 16.8. The van der Waals surface area contributed by atoms with Crippen LogP contribution in [0.4, 0.5) is 11.5 Å². The van der Waals surface area contributed by atoms with Gasteiger partial charge in [0.2, 0.25) is 0 Å². The van der Waals surface area contributed by atoms with Crippen molar-refractivity contribution in [1.82, 2.24) is 9.88 Å². The van der Waals surface area contributed by atoms with Crippen molar-refractivity contribution in [3.05, 3.63) is 83.0 Å². The zero-order chi connectivity index (χ0) is 22.7. The van der Waals surface area contributed by atoms with Crippen molar-refractivity contribution in [1.29, 1.82) is 0 Å². The highest BCUT2D eigenvalue weighted by atomic mass is 35.5. The predicted octanol–water partition coefficient (Wildman–Crippen LogP) is 3.81. The van der Waals surface area contributed by atoms with E-state index in [1.165, 1.54) is 12.1 Å². The number of hydrogen-bond donors (Lipinski definition) is 1. The maximum atomic E-state index is 12.9.